The summed E-state index contributed by atoms with van der Waals surface area (Å²) in [6, 6.07) is 26.9. The Labute approximate surface area is 202 Å². The first-order valence-corrected chi connectivity index (χ1v) is 13.9. The SMILES string of the molecule is CC(C)(C)c1ccc(S(Cl)(c2ccc(C(C)(C)C)cc2)c2ccc(C(C)(C)C)cc2)cc1. The fraction of sp³-hybridized carbons (Fsp3) is 0.400. The molecule has 0 aliphatic rings. The Kier molecular flexibility index (Phi) is 6.68. The monoisotopic (exact) mass is 466 g/mol. The van der Waals surface area contributed by atoms with E-state index in [0.717, 1.165) is 0 Å². The van der Waals surface area contributed by atoms with Gasteiger partial charge in [-0.1, -0.05) is 119 Å². The van der Waals surface area contributed by atoms with E-state index in [4.69, 9.17) is 10.7 Å². The molecule has 3 aromatic carbocycles. The smallest absolute Gasteiger partial charge is 0.0117 e. The summed E-state index contributed by atoms with van der Waals surface area (Å²) in [5.74, 6) is 0. The van der Waals surface area contributed by atoms with Gasteiger partial charge in [-0.25, -0.2) is 0 Å². The van der Waals surface area contributed by atoms with Crippen LogP contribution >= 0.6 is 19.9 Å². The summed E-state index contributed by atoms with van der Waals surface area (Å²) in [5.41, 5.74) is 4.32. The highest BCUT2D eigenvalue weighted by Crippen LogP contribution is 2.72. The molecule has 0 radical (unpaired) electrons. The standard InChI is InChI=1S/C30H39ClS/c1-28(2,3)22-10-16-25(17-11-22)32(31,26-18-12-23(13-19-26)29(4,5)6)27-20-14-24(15-21-27)30(7,8)9/h10-21H,1-9H3. The zero-order valence-corrected chi connectivity index (χ0v) is 22.8. The Morgan fingerprint density at radius 1 is 0.406 bits per heavy atom. The van der Waals surface area contributed by atoms with Crippen molar-refractivity contribution in [2.45, 2.75) is 93.2 Å². The van der Waals surface area contributed by atoms with Crippen LogP contribution in [0.25, 0.3) is 0 Å². The molecule has 0 amide bonds. The van der Waals surface area contributed by atoms with Crippen molar-refractivity contribution in [3.8, 4) is 0 Å². The van der Waals surface area contributed by atoms with E-state index in [-0.39, 0.29) is 16.2 Å². The molecule has 0 N–H and O–H groups in total. The van der Waals surface area contributed by atoms with Crippen molar-refractivity contribution < 1.29 is 0 Å². The average Bonchev–Trinajstić information content (AvgIpc) is 2.71. The summed E-state index contributed by atoms with van der Waals surface area (Å²) in [6.45, 7) is 20.2. The molecule has 0 bridgehead atoms. The van der Waals surface area contributed by atoms with Crippen molar-refractivity contribution in [2.75, 3.05) is 0 Å². The third kappa shape index (κ3) is 5.10. The Morgan fingerprint density at radius 3 is 0.750 bits per heavy atom. The van der Waals surface area contributed by atoms with Crippen LogP contribution in [0, 0.1) is 0 Å². The van der Waals surface area contributed by atoms with Crippen molar-refractivity contribution in [3.63, 3.8) is 0 Å². The number of hydrogen-bond donors (Lipinski definition) is 0. The summed E-state index contributed by atoms with van der Waals surface area (Å²) in [5, 5.41) is 0. The first-order chi connectivity index (χ1) is 14.6. The van der Waals surface area contributed by atoms with Crippen LogP contribution < -0.4 is 0 Å². The minimum atomic E-state index is -1.89. The summed E-state index contributed by atoms with van der Waals surface area (Å²) < 4.78 is 0. The lowest BCUT2D eigenvalue weighted by atomic mass is 9.87. The second-order valence-corrected chi connectivity index (χ2v) is 15.7. The van der Waals surface area contributed by atoms with Gasteiger partial charge in [0.15, 0.2) is 0 Å². The van der Waals surface area contributed by atoms with Gasteiger partial charge in [-0.2, -0.15) is 0 Å². The van der Waals surface area contributed by atoms with E-state index >= 15 is 0 Å². The van der Waals surface area contributed by atoms with E-state index in [1.54, 1.807) is 0 Å². The molecule has 0 fully saturated rings. The zero-order chi connectivity index (χ0) is 23.9. The van der Waals surface area contributed by atoms with Crippen molar-refractivity contribution in [2.24, 2.45) is 0 Å². The maximum absolute atomic E-state index is 7.70. The lowest BCUT2D eigenvalue weighted by Gasteiger charge is -2.36. The minimum Gasteiger partial charge on any atom is -0.0810 e. The van der Waals surface area contributed by atoms with Crippen LogP contribution in [0.4, 0.5) is 0 Å². The van der Waals surface area contributed by atoms with E-state index in [2.05, 4.69) is 135 Å². The van der Waals surface area contributed by atoms with Gasteiger partial charge in [0.1, 0.15) is 0 Å². The van der Waals surface area contributed by atoms with Crippen molar-refractivity contribution in [1.82, 2.24) is 0 Å². The number of hydrogen-bond acceptors (Lipinski definition) is 0. The summed E-state index contributed by atoms with van der Waals surface area (Å²) >= 11 is 0. The van der Waals surface area contributed by atoms with Gasteiger partial charge >= 0.3 is 0 Å². The molecule has 0 aliphatic carbocycles. The molecule has 0 aliphatic heterocycles. The molecule has 3 aromatic rings. The van der Waals surface area contributed by atoms with Gasteiger partial charge in [-0.15, -0.1) is 0 Å². The highest BCUT2D eigenvalue weighted by atomic mass is 35.7. The third-order valence-electron chi connectivity index (χ3n) is 6.14. The van der Waals surface area contributed by atoms with E-state index in [1.807, 2.05) is 0 Å². The van der Waals surface area contributed by atoms with Gasteiger partial charge in [0.2, 0.25) is 0 Å². The van der Waals surface area contributed by atoms with E-state index in [0.29, 0.717) is 0 Å². The molecule has 2 heteroatoms. The fourth-order valence-electron chi connectivity index (χ4n) is 3.84. The minimum absolute atomic E-state index is 0.117. The van der Waals surface area contributed by atoms with Crippen LogP contribution in [0.2, 0.25) is 0 Å². The van der Waals surface area contributed by atoms with Crippen LogP contribution in [0.15, 0.2) is 87.5 Å². The fourth-order valence-corrected chi connectivity index (χ4v) is 7.11. The van der Waals surface area contributed by atoms with E-state index < -0.39 is 9.24 Å². The van der Waals surface area contributed by atoms with Crippen LogP contribution in [0.1, 0.15) is 79.0 Å². The normalized spacial score (nSPS) is 13.8. The maximum Gasteiger partial charge on any atom is 0.0117 e. The van der Waals surface area contributed by atoms with Gasteiger partial charge in [-0.3, -0.25) is 0 Å². The first kappa shape index (κ1) is 24.9. The zero-order valence-electron chi connectivity index (χ0n) is 21.2. The van der Waals surface area contributed by atoms with Crippen LogP contribution in [0.5, 0.6) is 0 Å². The topological polar surface area (TPSA) is 0 Å². The largest absolute Gasteiger partial charge is 0.0810 e. The number of benzene rings is 3. The molecular formula is C30H39ClS. The Hall–Kier alpha value is -1.70. The Balaban J connectivity index is 2.17. The average molecular weight is 467 g/mol. The molecule has 0 unspecified atom stereocenters. The van der Waals surface area contributed by atoms with Gasteiger partial charge in [0.25, 0.3) is 0 Å². The predicted molar refractivity (Wildman–Crippen MR) is 144 cm³/mol. The summed E-state index contributed by atoms with van der Waals surface area (Å²) in [7, 11) is 5.81. The molecule has 32 heavy (non-hydrogen) atoms. The third-order valence-corrected chi connectivity index (χ3v) is 10.5. The Morgan fingerprint density at radius 2 is 0.594 bits per heavy atom. The van der Waals surface area contributed by atoms with Crippen LogP contribution in [-0.2, 0) is 16.2 Å². The Bertz CT molecular complexity index is 899. The second-order valence-electron chi connectivity index (χ2n) is 11.9. The highest BCUT2D eigenvalue weighted by molar-refractivity contribution is 8.51. The summed E-state index contributed by atoms with van der Waals surface area (Å²) in [4.78, 5) is 3.54. The molecule has 3 rings (SSSR count). The van der Waals surface area contributed by atoms with E-state index in [1.165, 1.54) is 31.4 Å². The molecule has 0 atom stereocenters. The van der Waals surface area contributed by atoms with Gasteiger partial charge in [0.05, 0.1) is 0 Å². The van der Waals surface area contributed by atoms with Crippen molar-refractivity contribution in [3.05, 3.63) is 89.5 Å². The van der Waals surface area contributed by atoms with E-state index in [9.17, 15) is 0 Å². The lowest BCUT2D eigenvalue weighted by molar-refractivity contribution is 0.589. The lowest BCUT2D eigenvalue weighted by Crippen LogP contribution is -2.12. The van der Waals surface area contributed by atoms with Crippen molar-refractivity contribution in [1.29, 1.82) is 0 Å². The molecule has 0 aromatic heterocycles. The molecule has 0 saturated carbocycles. The summed E-state index contributed by atoms with van der Waals surface area (Å²) in [6.07, 6.45) is 0. The predicted octanol–water partition coefficient (Wildman–Crippen LogP) is 10.0. The number of rotatable bonds is 3. The molecule has 0 nitrogen and oxygen atoms in total. The number of halogens is 1. The van der Waals surface area contributed by atoms with Gasteiger partial charge in [-0.05, 0) is 69.3 Å². The van der Waals surface area contributed by atoms with Crippen LogP contribution in [0.3, 0.4) is 0 Å². The first-order valence-electron chi connectivity index (χ1n) is 11.5. The van der Waals surface area contributed by atoms with Gasteiger partial charge < -0.3 is 0 Å². The quantitative estimate of drug-likeness (QED) is 0.360. The van der Waals surface area contributed by atoms with Crippen LogP contribution in [-0.4, -0.2) is 0 Å². The molecular weight excluding hydrogens is 428 g/mol. The van der Waals surface area contributed by atoms with Crippen molar-refractivity contribution >= 4 is 19.9 Å². The van der Waals surface area contributed by atoms with Gasteiger partial charge in [0, 0.05) is 14.7 Å². The second kappa shape index (κ2) is 8.58. The molecule has 172 valence electrons. The molecule has 0 heterocycles. The molecule has 0 saturated heterocycles. The highest BCUT2D eigenvalue weighted by Gasteiger charge is 2.30. The molecule has 0 spiro atoms. The maximum atomic E-state index is 7.70.